The van der Waals surface area contributed by atoms with Crippen molar-refractivity contribution < 1.29 is 14.7 Å². The number of aromatic nitrogens is 2. The van der Waals surface area contributed by atoms with Gasteiger partial charge in [0.25, 0.3) is 0 Å². The first-order chi connectivity index (χ1) is 8.58. The average Bonchev–Trinajstić information content (AvgIpc) is 2.77. The highest BCUT2D eigenvalue weighted by Gasteiger charge is 2.13. The summed E-state index contributed by atoms with van der Waals surface area (Å²) in [4.78, 5) is 28.5. The summed E-state index contributed by atoms with van der Waals surface area (Å²) in [7, 11) is 0. The Kier molecular flexibility index (Phi) is 3.09. The minimum absolute atomic E-state index is 0.0248. The molecule has 1 heterocycles. The van der Waals surface area contributed by atoms with Crippen LogP contribution in [-0.2, 0) is 0 Å². The van der Waals surface area contributed by atoms with Gasteiger partial charge in [-0.05, 0) is 19.1 Å². The molecule has 2 aromatic rings. The lowest BCUT2D eigenvalue weighted by Crippen LogP contribution is -2.02. The van der Waals surface area contributed by atoms with Crippen LogP contribution < -0.4 is 5.32 Å². The Morgan fingerprint density at radius 1 is 1.39 bits per heavy atom. The summed E-state index contributed by atoms with van der Waals surface area (Å²) >= 11 is 0. The number of hydrogen-bond donors (Lipinski definition) is 3. The highest BCUT2D eigenvalue weighted by atomic mass is 16.4. The molecule has 6 nitrogen and oxygen atoms in total. The van der Waals surface area contributed by atoms with E-state index in [9.17, 15) is 9.59 Å². The summed E-state index contributed by atoms with van der Waals surface area (Å²) in [6, 6.07) is 6.78. The summed E-state index contributed by atoms with van der Waals surface area (Å²) < 4.78 is 0. The van der Waals surface area contributed by atoms with Crippen LogP contribution in [0.4, 0.5) is 11.5 Å². The van der Waals surface area contributed by atoms with Crippen molar-refractivity contribution in [1.29, 1.82) is 0 Å². The molecule has 0 aliphatic rings. The zero-order chi connectivity index (χ0) is 13.1. The normalized spacial score (nSPS) is 10.1. The number of ketones is 1. The summed E-state index contributed by atoms with van der Waals surface area (Å²) in [6.07, 6.45) is 1.29. The zero-order valence-corrected chi connectivity index (χ0v) is 9.60. The van der Waals surface area contributed by atoms with Crippen molar-refractivity contribution in [2.24, 2.45) is 0 Å². The van der Waals surface area contributed by atoms with E-state index in [1.807, 2.05) is 0 Å². The van der Waals surface area contributed by atoms with Crippen molar-refractivity contribution in [1.82, 2.24) is 9.97 Å². The topological polar surface area (TPSA) is 95.1 Å². The molecule has 0 aliphatic carbocycles. The predicted molar refractivity (Wildman–Crippen MR) is 65.3 cm³/mol. The Hall–Kier alpha value is -2.63. The fourth-order valence-electron chi connectivity index (χ4n) is 1.50. The number of H-pyrrole nitrogens is 1. The van der Waals surface area contributed by atoms with E-state index in [-0.39, 0.29) is 17.3 Å². The number of Topliss-reactive ketones (excluding diaryl/α,β-unsaturated/α-hetero) is 1. The molecule has 6 heteroatoms. The molecule has 3 N–H and O–H groups in total. The summed E-state index contributed by atoms with van der Waals surface area (Å²) in [5.41, 5.74) is 1.13. The Labute approximate surface area is 103 Å². The van der Waals surface area contributed by atoms with Crippen molar-refractivity contribution >= 4 is 23.3 Å². The first kappa shape index (κ1) is 11.8. The first-order valence-corrected chi connectivity index (χ1v) is 5.22. The number of aromatic carboxylic acids is 1. The van der Waals surface area contributed by atoms with Crippen molar-refractivity contribution in [3.8, 4) is 0 Å². The number of aromatic amines is 1. The molecule has 0 amide bonds. The van der Waals surface area contributed by atoms with Crippen LogP contribution in [0.25, 0.3) is 0 Å². The smallest absolute Gasteiger partial charge is 0.356 e. The molecule has 0 radical (unpaired) electrons. The van der Waals surface area contributed by atoms with E-state index in [1.54, 1.807) is 24.3 Å². The van der Waals surface area contributed by atoms with Crippen molar-refractivity contribution in [3.63, 3.8) is 0 Å². The lowest BCUT2D eigenvalue weighted by Gasteiger charge is -2.05. The van der Waals surface area contributed by atoms with E-state index in [2.05, 4.69) is 15.3 Å². The van der Waals surface area contributed by atoms with Crippen LogP contribution in [0.2, 0.25) is 0 Å². The fourth-order valence-corrected chi connectivity index (χ4v) is 1.50. The summed E-state index contributed by atoms with van der Waals surface area (Å²) in [5, 5.41) is 11.8. The van der Waals surface area contributed by atoms with Gasteiger partial charge in [-0.25, -0.2) is 9.78 Å². The number of carbonyl (C=O) groups excluding carboxylic acids is 1. The lowest BCUT2D eigenvalue weighted by molar-refractivity contribution is 0.0692. The van der Waals surface area contributed by atoms with Gasteiger partial charge in [0.1, 0.15) is 0 Å². The number of nitrogens with one attached hydrogen (secondary N) is 2. The molecule has 1 aromatic carbocycles. The molecule has 2 rings (SSSR count). The van der Waals surface area contributed by atoms with Crippen molar-refractivity contribution in [2.45, 2.75) is 6.92 Å². The van der Waals surface area contributed by atoms with Crippen LogP contribution in [0.3, 0.4) is 0 Å². The van der Waals surface area contributed by atoms with Crippen molar-refractivity contribution in [3.05, 3.63) is 41.9 Å². The number of benzene rings is 1. The van der Waals surface area contributed by atoms with Crippen LogP contribution in [0.15, 0.2) is 30.6 Å². The standard InChI is InChI=1S/C12H11N3O3/c1-7(16)8-3-2-4-9(5-8)15-11-10(12(17)18)13-6-14-11/h2-6,15H,1H3,(H,13,14)(H,17,18). The molecule has 0 spiro atoms. The monoisotopic (exact) mass is 245 g/mol. The Morgan fingerprint density at radius 3 is 2.83 bits per heavy atom. The molecular formula is C12H11N3O3. The lowest BCUT2D eigenvalue weighted by atomic mass is 10.1. The van der Waals surface area contributed by atoms with E-state index in [1.165, 1.54) is 13.3 Å². The minimum atomic E-state index is -1.10. The minimum Gasteiger partial charge on any atom is -0.476 e. The molecule has 0 atom stereocenters. The maximum Gasteiger partial charge on any atom is 0.356 e. The molecule has 18 heavy (non-hydrogen) atoms. The van der Waals surface area contributed by atoms with Gasteiger partial charge < -0.3 is 15.4 Å². The summed E-state index contributed by atoms with van der Waals surface area (Å²) in [5.74, 6) is -0.944. The van der Waals surface area contributed by atoms with E-state index in [4.69, 9.17) is 5.11 Å². The van der Waals surface area contributed by atoms with Crippen molar-refractivity contribution in [2.75, 3.05) is 5.32 Å². The SMILES string of the molecule is CC(=O)c1cccc(Nc2nc[nH]c2C(=O)O)c1. The number of carboxylic acid groups (broad SMARTS) is 1. The maximum atomic E-state index is 11.2. The Bertz CT molecular complexity index is 604. The molecule has 1 aromatic heterocycles. The average molecular weight is 245 g/mol. The van der Waals surface area contributed by atoms with Gasteiger partial charge in [0.05, 0.1) is 6.33 Å². The van der Waals surface area contributed by atoms with E-state index in [0.717, 1.165) is 0 Å². The highest BCUT2D eigenvalue weighted by Crippen LogP contribution is 2.18. The fraction of sp³-hybridized carbons (Fsp3) is 0.0833. The van der Waals surface area contributed by atoms with Crippen LogP contribution in [0.5, 0.6) is 0 Å². The number of imidazole rings is 1. The van der Waals surface area contributed by atoms with Crippen LogP contribution >= 0.6 is 0 Å². The highest BCUT2D eigenvalue weighted by molar-refractivity contribution is 5.95. The molecule has 92 valence electrons. The van der Waals surface area contributed by atoms with Crippen LogP contribution in [0, 0.1) is 0 Å². The van der Waals surface area contributed by atoms with Gasteiger partial charge in [-0.15, -0.1) is 0 Å². The number of anilines is 2. The molecule has 0 saturated heterocycles. The number of hydrogen-bond acceptors (Lipinski definition) is 4. The Morgan fingerprint density at radius 2 is 2.17 bits per heavy atom. The molecule has 0 unspecified atom stereocenters. The van der Waals surface area contributed by atoms with Gasteiger partial charge in [0.2, 0.25) is 0 Å². The molecule has 0 bridgehead atoms. The third-order valence-corrected chi connectivity index (χ3v) is 2.39. The van der Waals surface area contributed by atoms with E-state index >= 15 is 0 Å². The molecule has 0 aliphatic heterocycles. The second-order valence-corrected chi connectivity index (χ2v) is 3.69. The zero-order valence-electron chi connectivity index (χ0n) is 9.60. The van der Waals surface area contributed by atoms with Gasteiger partial charge in [-0.3, -0.25) is 4.79 Å². The number of carbonyl (C=O) groups is 2. The Balaban J connectivity index is 2.28. The predicted octanol–water partition coefficient (Wildman–Crippen LogP) is 2.05. The van der Waals surface area contributed by atoms with Gasteiger partial charge in [0.15, 0.2) is 17.3 Å². The number of nitrogens with zero attached hydrogens (tertiary/aromatic N) is 1. The van der Waals surface area contributed by atoms with Gasteiger partial charge in [-0.1, -0.05) is 12.1 Å². The quantitative estimate of drug-likeness (QED) is 0.716. The van der Waals surface area contributed by atoms with E-state index in [0.29, 0.717) is 11.3 Å². The van der Waals surface area contributed by atoms with Gasteiger partial charge >= 0.3 is 5.97 Å². The van der Waals surface area contributed by atoms with Crippen LogP contribution in [-0.4, -0.2) is 26.8 Å². The second-order valence-electron chi connectivity index (χ2n) is 3.69. The largest absolute Gasteiger partial charge is 0.476 e. The van der Waals surface area contributed by atoms with Gasteiger partial charge in [-0.2, -0.15) is 0 Å². The maximum absolute atomic E-state index is 11.2. The summed E-state index contributed by atoms with van der Waals surface area (Å²) in [6.45, 7) is 1.47. The molecular weight excluding hydrogens is 234 g/mol. The molecule has 0 saturated carbocycles. The third kappa shape index (κ3) is 2.37. The first-order valence-electron chi connectivity index (χ1n) is 5.22. The van der Waals surface area contributed by atoms with Crippen LogP contribution in [0.1, 0.15) is 27.8 Å². The molecule has 0 fully saturated rings. The number of rotatable bonds is 4. The van der Waals surface area contributed by atoms with Gasteiger partial charge in [0, 0.05) is 11.3 Å². The van der Waals surface area contributed by atoms with E-state index < -0.39 is 5.97 Å². The second kappa shape index (κ2) is 4.70. The number of carboxylic acids is 1. The third-order valence-electron chi connectivity index (χ3n) is 2.39.